The number of phenolic OH excluding ortho intramolecular Hbond substituents is 1. The number of hydrogen-bond acceptors (Lipinski definition) is 7. The maximum Gasteiger partial charge on any atom is 0.338 e. The second kappa shape index (κ2) is 9.05. The van der Waals surface area contributed by atoms with E-state index in [1.165, 1.54) is 18.9 Å². The van der Waals surface area contributed by atoms with Crippen LogP contribution in [0.25, 0.3) is 0 Å². The Kier molecular flexibility index (Phi) is 6.49. The molecule has 29 heavy (non-hydrogen) atoms. The molecule has 0 radical (unpaired) electrons. The van der Waals surface area contributed by atoms with Crippen LogP contribution in [0.1, 0.15) is 25.5 Å². The molecule has 2 aromatic carbocycles. The molecule has 0 fully saturated rings. The summed E-state index contributed by atoms with van der Waals surface area (Å²) in [7, 11) is 1.49. The van der Waals surface area contributed by atoms with E-state index in [0.29, 0.717) is 11.3 Å². The predicted octanol–water partition coefficient (Wildman–Crippen LogP) is 4.52. The van der Waals surface area contributed by atoms with Gasteiger partial charge in [0.05, 0.1) is 19.3 Å². The Bertz CT molecular complexity index is 957. The lowest BCUT2D eigenvalue weighted by Crippen LogP contribution is -2.35. The summed E-state index contributed by atoms with van der Waals surface area (Å²) in [6.45, 7) is 3.95. The molecule has 3 rings (SSSR count). The van der Waals surface area contributed by atoms with Crippen molar-refractivity contribution in [1.29, 1.82) is 0 Å². The van der Waals surface area contributed by atoms with Crippen LogP contribution in [0.3, 0.4) is 0 Å². The monoisotopic (exact) mass is 412 g/mol. The third-order valence-corrected chi connectivity index (χ3v) is 5.29. The van der Waals surface area contributed by atoms with Crippen LogP contribution in [0.2, 0.25) is 0 Å². The van der Waals surface area contributed by atoms with Gasteiger partial charge in [0.2, 0.25) is 0 Å². The zero-order valence-corrected chi connectivity index (χ0v) is 17.7. The number of aromatic hydroxyl groups is 1. The van der Waals surface area contributed by atoms with Crippen LogP contribution in [0.15, 0.2) is 64.8 Å². The molecule has 0 amide bonds. The Hall–Kier alpha value is -2.93. The summed E-state index contributed by atoms with van der Waals surface area (Å²) in [6.07, 6.45) is 1.95. The van der Waals surface area contributed by atoms with E-state index in [0.717, 1.165) is 22.1 Å². The summed E-state index contributed by atoms with van der Waals surface area (Å²) in [5.74, 6) is -0.0490. The van der Waals surface area contributed by atoms with E-state index in [1.807, 2.05) is 48.4 Å². The number of allylic oxidation sites excluding steroid dienone is 1. The van der Waals surface area contributed by atoms with Gasteiger partial charge in [0, 0.05) is 11.4 Å². The van der Waals surface area contributed by atoms with Crippen molar-refractivity contribution in [1.82, 2.24) is 0 Å². The zero-order valence-electron chi connectivity index (χ0n) is 16.9. The molecule has 2 aromatic rings. The Balaban J connectivity index is 2.18. The van der Waals surface area contributed by atoms with Crippen molar-refractivity contribution in [3.05, 3.63) is 65.4 Å². The van der Waals surface area contributed by atoms with E-state index < -0.39 is 12.0 Å². The van der Waals surface area contributed by atoms with E-state index in [1.54, 1.807) is 25.1 Å². The lowest BCUT2D eigenvalue weighted by Gasteiger charge is -2.34. The van der Waals surface area contributed by atoms with E-state index in [9.17, 15) is 9.90 Å². The second-order valence-electron chi connectivity index (χ2n) is 6.34. The van der Waals surface area contributed by atoms with Crippen LogP contribution < -0.4 is 9.64 Å². The molecule has 1 aliphatic rings. The zero-order chi connectivity index (χ0) is 21.0. The maximum absolute atomic E-state index is 12.9. The molecule has 0 saturated heterocycles. The van der Waals surface area contributed by atoms with Gasteiger partial charge in [0.25, 0.3) is 0 Å². The number of ether oxygens (including phenoxy) is 2. The number of aliphatic imine (C=N–C) groups is 1. The van der Waals surface area contributed by atoms with Crippen molar-refractivity contribution in [3.8, 4) is 11.5 Å². The fraction of sp³-hybridized carbons (Fsp3) is 0.273. The number of para-hydroxylation sites is 1. The van der Waals surface area contributed by atoms with Crippen LogP contribution in [0.4, 0.5) is 5.69 Å². The number of amidine groups is 1. The van der Waals surface area contributed by atoms with Gasteiger partial charge in [-0.15, -0.1) is 0 Å². The highest BCUT2D eigenvalue weighted by molar-refractivity contribution is 8.13. The molecule has 0 bridgehead atoms. The number of methoxy groups -OCH3 is 1. The van der Waals surface area contributed by atoms with Gasteiger partial charge in [-0.1, -0.05) is 36.0 Å². The molecule has 1 heterocycles. The van der Waals surface area contributed by atoms with Crippen molar-refractivity contribution >= 4 is 28.6 Å². The molecular formula is C22H24N2O4S. The van der Waals surface area contributed by atoms with Crippen LogP contribution in [-0.4, -0.2) is 36.2 Å². The molecule has 0 saturated carbocycles. The Morgan fingerprint density at radius 1 is 1.24 bits per heavy atom. The highest BCUT2D eigenvalue weighted by atomic mass is 32.2. The summed E-state index contributed by atoms with van der Waals surface area (Å²) in [5.41, 5.74) is 2.87. The minimum Gasteiger partial charge on any atom is -0.504 e. The molecule has 0 aliphatic carbocycles. The van der Waals surface area contributed by atoms with E-state index in [4.69, 9.17) is 14.5 Å². The first-order chi connectivity index (χ1) is 14.0. The largest absolute Gasteiger partial charge is 0.504 e. The van der Waals surface area contributed by atoms with Gasteiger partial charge in [-0.2, -0.15) is 0 Å². The molecular weight excluding hydrogens is 388 g/mol. The summed E-state index contributed by atoms with van der Waals surface area (Å²) < 4.78 is 10.6. The van der Waals surface area contributed by atoms with E-state index >= 15 is 0 Å². The Labute approximate surface area is 174 Å². The highest BCUT2D eigenvalue weighted by Crippen LogP contribution is 2.40. The summed E-state index contributed by atoms with van der Waals surface area (Å²) in [4.78, 5) is 19.8. The number of thioether (sulfide) groups is 1. The van der Waals surface area contributed by atoms with Gasteiger partial charge in [-0.05, 0) is 49.9 Å². The van der Waals surface area contributed by atoms with Crippen LogP contribution in [0.5, 0.6) is 11.5 Å². The fourth-order valence-corrected chi connectivity index (χ4v) is 3.93. The van der Waals surface area contributed by atoms with Crippen molar-refractivity contribution < 1.29 is 19.4 Å². The first-order valence-electron chi connectivity index (χ1n) is 9.23. The summed E-state index contributed by atoms with van der Waals surface area (Å²) in [6, 6.07) is 14.2. The number of carbonyl (C=O) groups excluding carboxylic acids is 1. The fourth-order valence-electron chi connectivity index (χ4n) is 3.29. The van der Waals surface area contributed by atoms with Gasteiger partial charge >= 0.3 is 5.97 Å². The number of rotatable bonds is 5. The average molecular weight is 413 g/mol. The number of phenols is 1. The molecule has 1 atom stereocenters. The Morgan fingerprint density at radius 2 is 1.97 bits per heavy atom. The predicted molar refractivity (Wildman–Crippen MR) is 117 cm³/mol. The molecule has 7 heteroatoms. The normalized spacial score (nSPS) is 16.5. The molecule has 1 aliphatic heterocycles. The number of hydrogen-bond donors (Lipinski definition) is 1. The first kappa shape index (κ1) is 20.8. The standard InChI is InChI=1S/C22H24N2O4S/c1-5-28-21(26)19-14(2)24(16-9-7-6-8-10-16)22(29-4)23-20(19)15-11-12-17(25)18(13-15)27-3/h6-13,20,25H,5H2,1-4H3/t20-/m0/s1. The molecule has 0 aromatic heterocycles. The first-order valence-corrected chi connectivity index (χ1v) is 10.5. The molecule has 1 N–H and O–H groups in total. The maximum atomic E-state index is 12.9. The molecule has 152 valence electrons. The van der Waals surface area contributed by atoms with Crippen LogP contribution >= 0.6 is 11.8 Å². The van der Waals surface area contributed by atoms with Gasteiger partial charge < -0.3 is 14.6 Å². The van der Waals surface area contributed by atoms with Crippen LogP contribution in [-0.2, 0) is 9.53 Å². The van der Waals surface area contributed by atoms with Gasteiger partial charge in [-0.3, -0.25) is 4.90 Å². The topological polar surface area (TPSA) is 71.4 Å². The van der Waals surface area contributed by atoms with Crippen molar-refractivity contribution in [2.24, 2.45) is 4.99 Å². The number of esters is 1. The summed E-state index contributed by atoms with van der Waals surface area (Å²) in [5, 5.41) is 10.7. The smallest absolute Gasteiger partial charge is 0.338 e. The van der Waals surface area contributed by atoms with Gasteiger partial charge in [0.15, 0.2) is 16.7 Å². The third-order valence-electron chi connectivity index (χ3n) is 4.64. The minimum absolute atomic E-state index is 0.0328. The SMILES string of the molecule is CCOC(=O)C1=C(C)N(c2ccccc2)C(SC)=N[C@H]1c1ccc(O)c(OC)c1. The average Bonchev–Trinajstić information content (AvgIpc) is 2.74. The number of benzene rings is 2. The van der Waals surface area contributed by atoms with Gasteiger partial charge in [-0.25, -0.2) is 9.79 Å². The number of carbonyl (C=O) groups is 1. The molecule has 0 unspecified atom stereocenters. The minimum atomic E-state index is -0.564. The second-order valence-corrected chi connectivity index (χ2v) is 7.11. The highest BCUT2D eigenvalue weighted by Gasteiger charge is 2.35. The third kappa shape index (κ3) is 4.10. The lowest BCUT2D eigenvalue weighted by molar-refractivity contribution is -0.138. The van der Waals surface area contributed by atoms with Crippen LogP contribution in [0, 0.1) is 0 Å². The van der Waals surface area contributed by atoms with Gasteiger partial charge in [0.1, 0.15) is 6.04 Å². The van der Waals surface area contributed by atoms with Crippen molar-refractivity contribution in [2.75, 3.05) is 24.9 Å². The van der Waals surface area contributed by atoms with E-state index in [-0.39, 0.29) is 12.4 Å². The number of nitrogens with zero attached hydrogens (tertiary/aromatic N) is 2. The van der Waals surface area contributed by atoms with Crippen molar-refractivity contribution in [2.45, 2.75) is 19.9 Å². The van der Waals surface area contributed by atoms with E-state index in [2.05, 4.69) is 0 Å². The Morgan fingerprint density at radius 3 is 2.59 bits per heavy atom. The molecule has 0 spiro atoms. The number of anilines is 1. The lowest BCUT2D eigenvalue weighted by atomic mass is 9.95. The van der Waals surface area contributed by atoms with Crippen molar-refractivity contribution in [3.63, 3.8) is 0 Å². The quantitative estimate of drug-likeness (QED) is 0.728. The molecule has 6 nitrogen and oxygen atoms in total. The summed E-state index contributed by atoms with van der Waals surface area (Å²) >= 11 is 1.50.